The molecule has 0 aliphatic carbocycles. The summed E-state index contributed by atoms with van der Waals surface area (Å²) in [6.45, 7) is 8.94. The first-order chi connectivity index (χ1) is 7.74. The van der Waals surface area contributed by atoms with Crippen LogP contribution in [0.15, 0.2) is 12.7 Å². The van der Waals surface area contributed by atoms with Gasteiger partial charge in [-0.25, -0.2) is 0 Å². The average molecular weight is 264 g/mol. The molecule has 0 fully saturated rings. The number of aliphatic hydroxyl groups is 1. The monoisotopic (exact) mass is 264 g/mol. The van der Waals surface area contributed by atoms with E-state index in [1.54, 1.807) is 13.8 Å². The summed E-state index contributed by atoms with van der Waals surface area (Å²) >= 11 is 0. The minimum Gasteiger partial charge on any atom is -0.385 e. The fourth-order valence-electron chi connectivity index (χ4n) is 2.50. The zero-order valence-corrected chi connectivity index (χ0v) is 11.9. The fraction of sp³-hybridized carbons (Fsp3) is 0.833. The molecule has 0 amide bonds. The minimum absolute atomic E-state index is 0.222. The van der Waals surface area contributed by atoms with Gasteiger partial charge in [0, 0.05) is 0 Å². The van der Waals surface area contributed by atoms with Crippen LogP contribution in [0.1, 0.15) is 52.9 Å². The Morgan fingerprint density at radius 3 is 1.94 bits per heavy atom. The Labute approximate surface area is 104 Å². The van der Waals surface area contributed by atoms with Crippen molar-refractivity contribution in [2.75, 3.05) is 0 Å². The molecule has 0 aliphatic heterocycles. The molecule has 17 heavy (non-hydrogen) atoms. The molecule has 1 unspecified atom stereocenters. The SMILES string of the molecule is C=CC(O)(CCCC)C(CC)(CC)P(=O)(O)O. The lowest BCUT2D eigenvalue weighted by atomic mass is 9.79. The van der Waals surface area contributed by atoms with Crippen molar-refractivity contribution in [1.29, 1.82) is 0 Å². The van der Waals surface area contributed by atoms with E-state index in [2.05, 4.69) is 6.58 Å². The number of unbranched alkanes of at least 4 members (excludes halogenated alkanes) is 1. The Balaban J connectivity index is 5.55. The van der Waals surface area contributed by atoms with Gasteiger partial charge in [-0.05, 0) is 19.3 Å². The van der Waals surface area contributed by atoms with Crippen LogP contribution in [-0.4, -0.2) is 25.7 Å². The number of hydrogen-bond acceptors (Lipinski definition) is 2. The first kappa shape index (κ1) is 16.9. The van der Waals surface area contributed by atoms with Gasteiger partial charge in [0.1, 0.15) is 5.16 Å². The molecule has 0 radical (unpaired) electrons. The van der Waals surface area contributed by atoms with E-state index in [-0.39, 0.29) is 12.8 Å². The smallest absolute Gasteiger partial charge is 0.334 e. The molecule has 0 saturated carbocycles. The molecule has 0 aliphatic rings. The molecular formula is C12H25O4P. The Kier molecular flexibility index (Phi) is 6.09. The lowest BCUT2D eigenvalue weighted by Gasteiger charge is -2.45. The second kappa shape index (κ2) is 6.14. The van der Waals surface area contributed by atoms with Crippen LogP contribution in [0.25, 0.3) is 0 Å². The van der Waals surface area contributed by atoms with Crippen molar-refractivity contribution in [3.05, 3.63) is 12.7 Å². The van der Waals surface area contributed by atoms with E-state index in [1.807, 2.05) is 6.92 Å². The predicted octanol–water partition coefficient (Wildman–Crippen LogP) is 2.83. The molecule has 0 rings (SSSR count). The molecule has 0 spiro atoms. The maximum atomic E-state index is 11.8. The van der Waals surface area contributed by atoms with Gasteiger partial charge < -0.3 is 14.9 Å². The lowest BCUT2D eigenvalue weighted by molar-refractivity contribution is 0.0181. The quantitative estimate of drug-likeness (QED) is 0.465. The number of rotatable bonds is 8. The van der Waals surface area contributed by atoms with Gasteiger partial charge in [0.15, 0.2) is 0 Å². The van der Waals surface area contributed by atoms with Crippen LogP contribution >= 0.6 is 7.60 Å². The molecule has 3 N–H and O–H groups in total. The van der Waals surface area contributed by atoms with E-state index >= 15 is 0 Å². The van der Waals surface area contributed by atoms with Gasteiger partial charge >= 0.3 is 7.60 Å². The molecule has 0 heterocycles. The van der Waals surface area contributed by atoms with Gasteiger partial charge in [-0.2, -0.15) is 0 Å². The molecule has 0 aromatic rings. The van der Waals surface area contributed by atoms with E-state index in [0.717, 1.165) is 6.42 Å². The Bertz CT molecular complexity index is 293. The normalized spacial score (nSPS) is 16.6. The summed E-state index contributed by atoms with van der Waals surface area (Å²) in [4.78, 5) is 19.2. The van der Waals surface area contributed by atoms with Crippen LogP contribution in [0.2, 0.25) is 0 Å². The summed E-state index contributed by atoms with van der Waals surface area (Å²) < 4.78 is 11.8. The van der Waals surface area contributed by atoms with Gasteiger partial charge in [0.25, 0.3) is 0 Å². The van der Waals surface area contributed by atoms with E-state index in [0.29, 0.717) is 12.8 Å². The zero-order valence-electron chi connectivity index (χ0n) is 11.0. The Morgan fingerprint density at radius 2 is 1.71 bits per heavy atom. The highest BCUT2D eigenvalue weighted by Crippen LogP contribution is 2.61. The average Bonchev–Trinajstić information content (AvgIpc) is 2.26. The molecule has 1 atom stereocenters. The first-order valence-electron chi connectivity index (χ1n) is 6.16. The molecule has 102 valence electrons. The van der Waals surface area contributed by atoms with Gasteiger partial charge in [-0.15, -0.1) is 6.58 Å². The van der Waals surface area contributed by atoms with Crippen LogP contribution in [0.5, 0.6) is 0 Å². The number of hydrogen-bond donors (Lipinski definition) is 3. The third kappa shape index (κ3) is 3.00. The highest BCUT2D eigenvalue weighted by molar-refractivity contribution is 7.53. The van der Waals surface area contributed by atoms with E-state index in [9.17, 15) is 19.5 Å². The van der Waals surface area contributed by atoms with E-state index < -0.39 is 18.4 Å². The van der Waals surface area contributed by atoms with Crippen molar-refractivity contribution in [2.24, 2.45) is 0 Å². The van der Waals surface area contributed by atoms with Crippen LogP contribution in [0.4, 0.5) is 0 Å². The third-order valence-electron chi connectivity index (χ3n) is 3.78. The highest BCUT2D eigenvalue weighted by Gasteiger charge is 2.57. The van der Waals surface area contributed by atoms with Crippen LogP contribution < -0.4 is 0 Å². The van der Waals surface area contributed by atoms with Crippen LogP contribution in [0.3, 0.4) is 0 Å². The maximum absolute atomic E-state index is 11.8. The van der Waals surface area contributed by atoms with Gasteiger partial charge in [-0.3, -0.25) is 4.57 Å². The standard InChI is InChI=1S/C12H25O4P/c1-5-9-10-11(13,6-2)12(7-3,8-4)17(14,15)16/h6,13H,2,5,7-10H2,1,3-4H3,(H2,14,15,16). The minimum atomic E-state index is -4.41. The molecule has 4 nitrogen and oxygen atoms in total. The molecular weight excluding hydrogens is 239 g/mol. The molecule has 0 aromatic carbocycles. The summed E-state index contributed by atoms with van der Waals surface area (Å²) in [5.74, 6) is 0. The third-order valence-corrected chi connectivity index (χ3v) is 5.92. The molecule has 0 saturated heterocycles. The second-order valence-electron chi connectivity index (χ2n) is 4.51. The van der Waals surface area contributed by atoms with Gasteiger partial charge in [0.05, 0.1) is 5.60 Å². The second-order valence-corrected chi connectivity index (χ2v) is 6.46. The lowest BCUT2D eigenvalue weighted by Crippen LogP contribution is -2.51. The highest BCUT2D eigenvalue weighted by atomic mass is 31.2. The molecule has 5 heteroatoms. The van der Waals surface area contributed by atoms with Crippen molar-refractivity contribution < 1.29 is 19.5 Å². The summed E-state index contributed by atoms with van der Waals surface area (Å²) in [6, 6.07) is 0. The summed E-state index contributed by atoms with van der Waals surface area (Å²) in [7, 11) is -4.41. The van der Waals surface area contributed by atoms with E-state index in [4.69, 9.17) is 0 Å². The van der Waals surface area contributed by atoms with Gasteiger partial charge in [-0.1, -0.05) is 39.7 Å². The summed E-state index contributed by atoms with van der Waals surface area (Å²) in [6.07, 6.45) is 3.65. The van der Waals surface area contributed by atoms with Crippen molar-refractivity contribution in [3.8, 4) is 0 Å². The van der Waals surface area contributed by atoms with Gasteiger partial charge in [0.2, 0.25) is 0 Å². The van der Waals surface area contributed by atoms with Crippen molar-refractivity contribution in [1.82, 2.24) is 0 Å². The predicted molar refractivity (Wildman–Crippen MR) is 70.0 cm³/mol. The fourth-order valence-corrected chi connectivity index (χ4v) is 4.03. The van der Waals surface area contributed by atoms with Crippen molar-refractivity contribution >= 4 is 7.60 Å². The summed E-state index contributed by atoms with van der Waals surface area (Å²) in [5.41, 5.74) is -1.51. The van der Waals surface area contributed by atoms with Crippen molar-refractivity contribution in [2.45, 2.75) is 63.6 Å². The topological polar surface area (TPSA) is 77.8 Å². The summed E-state index contributed by atoms with van der Waals surface area (Å²) in [5, 5.41) is 9.17. The van der Waals surface area contributed by atoms with Crippen molar-refractivity contribution in [3.63, 3.8) is 0 Å². The largest absolute Gasteiger partial charge is 0.385 e. The first-order valence-corrected chi connectivity index (χ1v) is 7.77. The Hall–Kier alpha value is -0.150. The van der Waals surface area contributed by atoms with E-state index in [1.165, 1.54) is 6.08 Å². The van der Waals surface area contributed by atoms with Crippen LogP contribution in [-0.2, 0) is 4.57 Å². The Morgan fingerprint density at radius 1 is 1.24 bits per heavy atom. The molecule has 0 aromatic heterocycles. The zero-order chi connectivity index (χ0) is 13.7. The maximum Gasteiger partial charge on any atom is 0.334 e. The molecule has 0 bridgehead atoms. The van der Waals surface area contributed by atoms with Crippen LogP contribution in [0, 0.1) is 0 Å².